The minimum absolute atomic E-state index is 0.344. The van der Waals surface area contributed by atoms with Crippen molar-refractivity contribution in [1.82, 2.24) is 10.2 Å². The number of nitrogens with zero attached hydrogens (tertiary/aromatic N) is 1. The van der Waals surface area contributed by atoms with Gasteiger partial charge in [-0.2, -0.15) is 5.10 Å². The average molecular weight is 258 g/mol. The SMILES string of the molecule is COc1cc(C)c(-c2[nH]ncc2C=O)cc1C(C)C. The fraction of sp³-hybridized carbons (Fsp3) is 0.333. The minimum atomic E-state index is 0.344. The fourth-order valence-electron chi connectivity index (χ4n) is 2.20. The first kappa shape index (κ1) is 13.3. The molecular formula is C15H18N2O2. The van der Waals surface area contributed by atoms with Crippen molar-refractivity contribution in [1.29, 1.82) is 0 Å². The van der Waals surface area contributed by atoms with Crippen LogP contribution in [-0.2, 0) is 0 Å². The van der Waals surface area contributed by atoms with Crippen LogP contribution in [0.4, 0.5) is 0 Å². The molecule has 4 nitrogen and oxygen atoms in total. The summed E-state index contributed by atoms with van der Waals surface area (Å²) in [6.45, 7) is 6.23. The Morgan fingerprint density at radius 3 is 2.68 bits per heavy atom. The van der Waals surface area contributed by atoms with E-state index >= 15 is 0 Å². The van der Waals surface area contributed by atoms with Gasteiger partial charge in [0.05, 0.1) is 24.6 Å². The summed E-state index contributed by atoms with van der Waals surface area (Å²) in [6.07, 6.45) is 2.36. The molecule has 0 saturated carbocycles. The van der Waals surface area contributed by atoms with Crippen LogP contribution in [0.1, 0.15) is 41.3 Å². The summed E-state index contributed by atoms with van der Waals surface area (Å²) in [5, 5.41) is 6.84. The van der Waals surface area contributed by atoms with E-state index in [1.54, 1.807) is 13.3 Å². The standard InChI is InChI=1S/C15H18N2O2/c1-9(2)12-6-13(10(3)5-14(12)19-4)15-11(8-18)7-16-17-15/h5-9H,1-4H3,(H,16,17). The molecule has 1 N–H and O–H groups in total. The molecule has 1 aromatic heterocycles. The van der Waals surface area contributed by atoms with Crippen molar-refractivity contribution in [2.24, 2.45) is 0 Å². The normalized spacial score (nSPS) is 10.8. The summed E-state index contributed by atoms with van der Waals surface area (Å²) in [6, 6.07) is 4.07. The second kappa shape index (κ2) is 5.26. The van der Waals surface area contributed by atoms with Crippen LogP contribution in [0.15, 0.2) is 18.3 Å². The van der Waals surface area contributed by atoms with Gasteiger partial charge in [-0.15, -0.1) is 0 Å². The lowest BCUT2D eigenvalue weighted by Crippen LogP contribution is -1.98. The van der Waals surface area contributed by atoms with E-state index in [2.05, 4.69) is 30.1 Å². The molecule has 0 aliphatic heterocycles. The number of aryl methyl sites for hydroxylation is 1. The quantitative estimate of drug-likeness (QED) is 0.856. The molecule has 2 aromatic rings. The molecule has 4 heteroatoms. The number of methoxy groups -OCH3 is 1. The van der Waals surface area contributed by atoms with Gasteiger partial charge >= 0.3 is 0 Å². The van der Waals surface area contributed by atoms with Crippen molar-refractivity contribution in [3.8, 4) is 17.0 Å². The Morgan fingerprint density at radius 2 is 2.11 bits per heavy atom. The largest absolute Gasteiger partial charge is 0.496 e. The van der Waals surface area contributed by atoms with Gasteiger partial charge in [-0.25, -0.2) is 0 Å². The highest BCUT2D eigenvalue weighted by molar-refractivity contribution is 5.86. The third kappa shape index (κ3) is 2.38. The van der Waals surface area contributed by atoms with Crippen molar-refractivity contribution < 1.29 is 9.53 Å². The van der Waals surface area contributed by atoms with E-state index in [1.165, 1.54) is 0 Å². The van der Waals surface area contributed by atoms with Gasteiger partial charge < -0.3 is 4.74 Å². The van der Waals surface area contributed by atoms with Gasteiger partial charge in [-0.3, -0.25) is 9.89 Å². The van der Waals surface area contributed by atoms with Crippen LogP contribution in [-0.4, -0.2) is 23.6 Å². The smallest absolute Gasteiger partial charge is 0.153 e. The van der Waals surface area contributed by atoms with Crippen LogP contribution in [0.3, 0.4) is 0 Å². The molecule has 0 aliphatic carbocycles. The van der Waals surface area contributed by atoms with E-state index in [1.807, 2.05) is 13.0 Å². The molecule has 19 heavy (non-hydrogen) atoms. The first-order valence-electron chi connectivity index (χ1n) is 6.26. The summed E-state index contributed by atoms with van der Waals surface area (Å²) in [7, 11) is 1.67. The first-order chi connectivity index (χ1) is 9.08. The van der Waals surface area contributed by atoms with Crippen molar-refractivity contribution in [2.75, 3.05) is 7.11 Å². The highest BCUT2D eigenvalue weighted by Gasteiger charge is 2.15. The molecule has 0 bridgehead atoms. The lowest BCUT2D eigenvalue weighted by Gasteiger charge is -2.15. The summed E-state index contributed by atoms with van der Waals surface area (Å²) in [5.74, 6) is 1.22. The molecule has 0 saturated heterocycles. The predicted molar refractivity (Wildman–Crippen MR) is 74.8 cm³/mol. The summed E-state index contributed by atoms with van der Waals surface area (Å²) in [5.41, 5.74) is 4.49. The first-order valence-corrected chi connectivity index (χ1v) is 6.26. The Bertz CT molecular complexity index is 600. The number of carbonyl (C=O) groups is 1. The predicted octanol–water partition coefficient (Wildman–Crippen LogP) is 3.33. The molecule has 0 aliphatic rings. The van der Waals surface area contributed by atoms with Gasteiger partial charge in [0.25, 0.3) is 0 Å². The van der Waals surface area contributed by atoms with Crippen LogP contribution >= 0.6 is 0 Å². The van der Waals surface area contributed by atoms with E-state index < -0.39 is 0 Å². The summed E-state index contributed by atoms with van der Waals surface area (Å²) < 4.78 is 5.42. The maximum Gasteiger partial charge on any atom is 0.153 e. The topological polar surface area (TPSA) is 55.0 Å². The van der Waals surface area contributed by atoms with Crippen LogP contribution in [0.25, 0.3) is 11.3 Å². The molecule has 0 fully saturated rings. The number of ether oxygens (including phenoxy) is 1. The second-order valence-corrected chi connectivity index (χ2v) is 4.88. The lowest BCUT2D eigenvalue weighted by atomic mass is 9.94. The van der Waals surface area contributed by atoms with Gasteiger partial charge in [0, 0.05) is 5.56 Å². The lowest BCUT2D eigenvalue weighted by molar-refractivity contribution is 0.112. The number of hydrogen-bond donors (Lipinski definition) is 1. The van der Waals surface area contributed by atoms with Crippen molar-refractivity contribution in [3.05, 3.63) is 35.0 Å². The number of H-pyrrole nitrogens is 1. The van der Waals surface area contributed by atoms with Crippen LogP contribution in [0.2, 0.25) is 0 Å². The number of nitrogens with one attached hydrogen (secondary N) is 1. The molecular weight excluding hydrogens is 240 g/mol. The minimum Gasteiger partial charge on any atom is -0.496 e. The average Bonchev–Trinajstić information content (AvgIpc) is 2.85. The van der Waals surface area contributed by atoms with Crippen LogP contribution in [0, 0.1) is 6.92 Å². The zero-order valence-corrected chi connectivity index (χ0v) is 11.7. The maximum atomic E-state index is 11.0. The zero-order valence-electron chi connectivity index (χ0n) is 11.7. The third-order valence-electron chi connectivity index (χ3n) is 3.26. The fourth-order valence-corrected chi connectivity index (χ4v) is 2.20. The second-order valence-electron chi connectivity index (χ2n) is 4.88. The summed E-state index contributed by atoms with van der Waals surface area (Å²) in [4.78, 5) is 11.0. The monoisotopic (exact) mass is 258 g/mol. The van der Waals surface area contributed by atoms with E-state index in [0.29, 0.717) is 11.5 Å². The number of aldehydes is 1. The Balaban J connectivity index is 2.64. The molecule has 0 spiro atoms. The van der Waals surface area contributed by atoms with E-state index in [0.717, 1.165) is 34.4 Å². The highest BCUT2D eigenvalue weighted by atomic mass is 16.5. The molecule has 100 valence electrons. The number of aromatic nitrogens is 2. The van der Waals surface area contributed by atoms with E-state index in [9.17, 15) is 4.79 Å². The van der Waals surface area contributed by atoms with Crippen molar-refractivity contribution in [2.45, 2.75) is 26.7 Å². The molecule has 0 atom stereocenters. The molecule has 1 aromatic carbocycles. The zero-order chi connectivity index (χ0) is 14.0. The number of hydrogen-bond acceptors (Lipinski definition) is 3. The Kier molecular flexibility index (Phi) is 3.69. The third-order valence-corrected chi connectivity index (χ3v) is 3.26. The molecule has 1 heterocycles. The van der Waals surface area contributed by atoms with Gasteiger partial charge in [0.1, 0.15) is 5.75 Å². The molecule has 0 radical (unpaired) electrons. The number of carbonyl (C=O) groups excluding carboxylic acids is 1. The van der Waals surface area contributed by atoms with Crippen molar-refractivity contribution >= 4 is 6.29 Å². The highest BCUT2D eigenvalue weighted by Crippen LogP contribution is 2.34. The van der Waals surface area contributed by atoms with E-state index in [-0.39, 0.29) is 0 Å². The number of benzene rings is 1. The van der Waals surface area contributed by atoms with Gasteiger partial charge in [-0.1, -0.05) is 13.8 Å². The van der Waals surface area contributed by atoms with E-state index in [4.69, 9.17) is 4.74 Å². The number of aromatic amines is 1. The maximum absolute atomic E-state index is 11.0. The van der Waals surface area contributed by atoms with Gasteiger partial charge in [-0.05, 0) is 36.1 Å². The van der Waals surface area contributed by atoms with Crippen LogP contribution < -0.4 is 4.74 Å². The number of rotatable bonds is 4. The summed E-state index contributed by atoms with van der Waals surface area (Å²) >= 11 is 0. The molecule has 0 amide bonds. The van der Waals surface area contributed by atoms with Crippen LogP contribution in [0.5, 0.6) is 5.75 Å². The Labute approximate surface area is 112 Å². The Morgan fingerprint density at radius 1 is 1.37 bits per heavy atom. The molecule has 0 unspecified atom stereocenters. The molecule has 2 rings (SSSR count). The Hall–Kier alpha value is -2.10. The van der Waals surface area contributed by atoms with Gasteiger partial charge in [0.15, 0.2) is 6.29 Å². The van der Waals surface area contributed by atoms with Gasteiger partial charge in [0.2, 0.25) is 0 Å². The van der Waals surface area contributed by atoms with Crippen molar-refractivity contribution in [3.63, 3.8) is 0 Å².